The van der Waals surface area contributed by atoms with Crippen LogP contribution in [0.4, 0.5) is 4.79 Å². The first-order chi connectivity index (χ1) is 63.6. The van der Waals surface area contributed by atoms with Crippen molar-refractivity contribution in [3.8, 4) is 0 Å². The number of amides is 6. The van der Waals surface area contributed by atoms with Crippen molar-refractivity contribution < 1.29 is 148 Å². The van der Waals surface area contributed by atoms with E-state index in [1.165, 1.54) is 55.5 Å². The Morgan fingerprint density at radius 2 is 0.879 bits per heavy atom. The number of alkyl carbamates (subject to hydrolysis) is 1. The van der Waals surface area contributed by atoms with Gasteiger partial charge in [0.1, 0.15) is 87.7 Å². The summed E-state index contributed by atoms with van der Waals surface area (Å²) < 4.78 is 93.9. The van der Waals surface area contributed by atoms with Gasteiger partial charge in [0.25, 0.3) is 0 Å². The zero-order valence-electron chi connectivity index (χ0n) is 72.6. The Balaban J connectivity index is 1.03. The third-order valence-electron chi connectivity index (χ3n) is 19.7. The summed E-state index contributed by atoms with van der Waals surface area (Å²) in [7, 11) is 1.07. The molecule has 2 fully saturated rings. The fraction of sp³-hybridized carbons (Fsp3) is 0.380. The number of hydrogen-bond acceptors (Lipinski definition) is 32. The van der Waals surface area contributed by atoms with Crippen LogP contribution in [0.5, 0.6) is 0 Å². The van der Waals surface area contributed by atoms with E-state index in [0.717, 1.165) is 34.8 Å². The summed E-state index contributed by atoms with van der Waals surface area (Å²) in [5.41, 5.74) is 13.3. The van der Waals surface area contributed by atoms with Gasteiger partial charge >= 0.3 is 59.8 Å². The number of hydrogen-bond donors (Lipinski definition) is 6. The Morgan fingerprint density at radius 3 is 1.42 bits per heavy atom. The molecule has 0 aliphatic carbocycles. The van der Waals surface area contributed by atoms with Crippen LogP contribution >= 0.6 is 0 Å². The first-order valence-corrected chi connectivity index (χ1v) is 41.6. The maximum absolute atomic E-state index is 15.4. The molecule has 16 atom stereocenters. The zero-order chi connectivity index (χ0) is 94.9. The number of benzene rings is 7. The fourth-order valence-corrected chi connectivity index (χ4v) is 13.3. The van der Waals surface area contributed by atoms with Gasteiger partial charge in [0.15, 0.2) is 36.9 Å². The van der Waals surface area contributed by atoms with Crippen molar-refractivity contribution >= 4 is 89.4 Å². The lowest BCUT2D eigenvalue weighted by atomic mass is 9.95. The topological polar surface area (TPSA) is 525 Å². The summed E-state index contributed by atoms with van der Waals surface area (Å²) in [4.78, 5) is 212. The van der Waals surface area contributed by atoms with Gasteiger partial charge in [-0.25, -0.2) is 19.2 Å². The molecule has 0 radical (unpaired) electrons. The summed E-state index contributed by atoms with van der Waals surface area (Å²) in [5, 5.41) is 18.6. The van der Waals surface area contributed by atoms with E-state index in [9.17, 15) is 72.7 Å². The monoisotopic (exact) mass is 1830 g/mol. The Morgan fingerprint density at radius 1 is 0.424 bits per heavy atom. The Hall–Kier alpha value is -14.5. The molecule has 2 aliphatic rings. The van der Waals surface area contributed by atoms with Crippen molar-refractivity contribution in [2.45, 2.75) is 185 Å². The predicted octanol–water partition coefficient (Wildman–Crippen LogP) is 5.96. The van der Waals surface area contributed by atoms with E-state index in [2.05, 4.69) is 41.9 Å². The average molecular weight is 1830 g/mol. The van der Waals surface area contributed by atoms with Crippen LogP contribution in [0.15, 0.2) is 217 Å². The summed E-state index contributed by atoms with van der Waals surface area (Å²) >= 11 is 0. The molecule has 40 heteroatoms. The number of methoxy groups -OCH3 is 1. The maximum atomic E-state index is 15.4. The second-order valence-electron chi connectivity index (χ2n) is 29.7. The van der Waals surface area contributed by atoms with Gasteiger partial charge in [-0.15, -0.1) is 0 Å². The molecular weight excluding hydrogens is 1730 g/mol. The second kappa shape index (κ2) is 52.8. The molecule has 0 saturated carbocycles. The highest BCUT2D eigenvalue weighted by atomic mass is 16.8. The lowest BCUT2D eigenvalue weighted by Crippen LogP contribution is -2.67. The van der Waals surface area contributed by atoms with Gasteiger partial charge in [-0.3, -0.25) is 52.7 Å². The molecule has 0 bridgehead atoms. The SMILES string of the molecule is COC(=O)[C@@H](NC(=O)[C@H](CCC(=O)OCc1ccccc1)NC(=O)[C@H](CC(=O)OCc1ccccc1)NC(=O)CNC(=O)[C@H](COCc1ccccc1)NC(=O)[C@H](CO[C@@H]1O[C@H](COC(=O)c2ccccc2)[C@H](O[C@@H]2O[C@H](COC(C)=O)[C@H](OC(C)=O)[C@H](OC(C)=O)[C@H]2OC(C)=O)[C@H](OC(=O)c2ccccc2)[C@H]1N=[N+]=[N-])NC(=O)OCc1ccccc1)[C@@H](C)OCc1ccccc1. The van der Waals surface area contributed by atoms with Crippen molar-refractivity contribution in [2.75, 3.05) is 40.1 Å². The minimum atomic E-state index is -2.15. The predicted molar refractivity (Wildman–Crippen MR) is 456 cm³/mol. The van der Waals surface area contributed by atoms with Crippen LogP contribution in [0.1, 0.15) is 102 Å². The number of nitrogens with zero attached hydrogens (tertiary/aromatic N) is 3. The first-order valence-electron chi connectivity index (χ1n) is 41.6. The van der Waals surface area contributed by atoms with Crippen LogP contribution in [-0.2, 0) is 166 Å². The molecule has 7 aromatic rings. The molecule has 6 N–H and O–H groups in total. The number of ether oxygens (including phenoxy) is 16. The fourth-order valence-electron chi connectivity index (χ4n) is 13.3. The molecule has 0 unspecified atom stereocenters. The Labute approximate surface area is 757 Å². The highest BCUT2D eigenvalue weighted by Gasteiger charge is 2.57. The third-order valence-corrected chi connectivity index (χ3v) is 19.7. The van der Waals surface area contributed by atoms with Crippen LogP contribution in [-0.4, -0.2) is 227 Å². The van der Waals surface area contributed by atoms with E-state index in [0.29, 0.717) is 27.8 Å². The summed E-state index contributed by atoms with van der Waals surface area (Å²) in [6, 6.07) is 45.7. The largest absolute Gasteiger partial charge is 0.467 e. The van der Waals surface area contributed by atoms with Crippen molar-refractivity contribution in [3.05, 3.63) is 262 Å². The quantitative estimate of drug-likeness (QED) is 0.00842. The third kappa shape index (κ3) is 33.2. The number of esters is 9. The average Bonchev–Trinajstić information content (AvgIpc) is 0.761. The zero-order valence-corrected chi connectivity index (χ0v) is 72.6. The minimum absolute atomic E-state index is 0.0203. The highest BCUT2D eigenvalue weighted by molar-refractivity contribution is 5.97. The molecule has 7 aromatic carbocycles. The van der Waals surface area contributed by atoms with Crippen molar-refractivity contribution in [2.24, 2.45) is 5.11 Å². The van der Waals surface area contributed by atoms with Gasteiger partial charge in [-0.1, -0.05) is 193 Å². The van der Waals surface area contributed by atoms with Crippen LogP contribution in [0.3, 0.4) is 0 Å². The normalized spacial score (nSPS) is 19.1. The molecule has 9 rings (SSSR count). The number of nitrogens with one attached hydrogen (secondary N) is 6. The van der Waals surface area contributed by atoms with E-state index < -0.39 is 246 Å². The molecule has 132 heavy (non-hydrogen) atoms. The van der Waals surface area contributed by atoms with E-state index in [-0.39, 0.29) is 37.6 Å². The number of rotatable bonds is 47. The van der Waals surface area contributed by atoms with Gasteiger partial charge in [0.05, 0.1) is 63.7 Å². The van der Waals surface area contributed by atoms with Crippen molar-refractivity contribution in [3.63, 3.8) is 0 Å². The van der Waals surface area contributed by atoms with Gasteiger partial charge in [-0.2, -0.15) is 0 Å². The molecular formula is C92H101N9O31. The summed E-state index contributed by atoms with van der Waals surface area (Å²) in [5.74, 6) is -15.0. The first kappa shape index (κ1) is 101. The summed E-state index contributed by atoms with van der Waals surface area (Å²) in [6.45, 7) is -0.403. The lowest BCUT2D eigenvalue weighted by molar-refractivity contribution is -0.348. The molecule has 700 valence electrons. The van der Waals surface area contributed by atoms with Crippen LogP contribution in [0.25, 0.3) is 10.4 Å². The van der Waals surface area contributed by atoms with Crippen LogP contribution in [0, 0.1) is 0 Å². The van der Waals surface area contributed by atoms with E-state index in [4.69, 9.17) is 75.8 Å². The number of azide groups is 1. The Kier molecular flexibility index (Phi) is 40.5. The second-order valence-corrected chi connectivity index (χ2v) is 29.7. The van der Waals surface area contributed by atoms with Crippen LogP contribution in [0.2, 0.25) is 0 Å². The minimum Gasteiger partial charge on any atom is -0.467 e. The van der Waals surface area contributed by atoms with Crippen molar-refractivity contribution in [1.82, 2.24) is 31.9 Å². The smallest absolute Gasteiger partial charge is 0.408 e. The van der Waals surface area contributed by atoms with Gasteiger partial charge < -0.3 is 108 Å². The Bertz CT molecular complexity index is 5050. The number of carbonyl (C=O) groups is 15. The lowest BCUT2D eigenvalue weighted by Gasteiger charge is -2.48. The maximum Gasteiger partial charge on any atom is 0.408 e. The van der Waals surface area contributed by atoms with Crippen molar-refractivity contribution in [1.29, 1.82) is 0 Å². The van der Waals surface area contributed by atoms with E-state index in [1.54, 1.807) is 164 Å². The van der Waals surface area contributed by atoms with Gasteiger partial charge in [-0.05, 0) is 71.0 Å². The standard InChI is InChI=1S/C92H101N9O31/c1-55(119-47-61-30-16-8-17-31-61)76(89(115)117-6)99-84(110)67(42-43-74(107)121-48-62-32-18-9-19-33-62)96-85(111)68(44-75(108)122-49-63-34-20-10-21-35-63)95-73(106)45-94-83(109)69(51-118-46-60-28-14-7-15-29-60)97-86(112)70(98-92(116)125-50-64-36-22-11-23-37-64)52-124-90-77(100-101-93)80(131-88(114)66-40-26-13-27-41-66)78(72(129-90)54-123-87(113)65-38-24-12-25-39-65)132-91-82(128-59(5)105)81(127-58(4)104)79(126-57(3)103)71(130-91)53-120-56(2)102/h7-41,55,67-72,76-82,90-91H,42-54H2,1-6H3,(H,94,109)(H,95,106)(H,96,111)(H,97,112)(H,98,116)(H,99,110)/t55-,67+,68+,69+,70+,71-,72-,76+,77-,78+,79+,80-,81+,82-,90-,91+/m1/s1. The molecule has 2 heterocycles. The molecule has 0 spiro atoms. The molecule has 2 saturated heterocycles. The molecule has 2 aliphatic heterocycles. The molecule has 0 aromatic heterocycles. The van der Waals surface area contributed by atoms with Crippen LogP contribution < -0.4 is 31.9 Å². The molecule has 6 amide bonds. The van der Waals surface area contributed by atoms with E-state index in [1.807, 2.05) is 0 Å². The number of carbonyl (C=O) groups excluding carboxylic acids is 15. The van der Waals surface area contributed by atoms with Gasteiger partial charge in [0.2, 0.25) is 29.5 Å². The van der Waals surface area contributed by atoms with E-state index >= 15 is 4.79 Å². The van der Waals surface area contributed by atoms with Gasteiger partial charge in [0, 0.05) is 39.0 Å². The molecule has 40 nitrogen and oxygen atoms in total. The highest BCUT2D eigenvalue weighted by Crippen LogP contribution is 2.37. The summed E-state index contributed by atoms with van der Waals surface area (Å²) in [6.07, 6.45) is -22.0.